The number of hydrogen-bond acceptors (Lipinski definition) is 4. The topological polar surface area (TPSA) is 109 Å². The predicted molar refractivity (Wildman–Crippen MR) is 76.6 cm³/mol. The average molecular weight is 285 g/mol. The molecule has 0 unspecified atom stereocenters. The Hall–Kier alpha value is -1.70. The van der Waals surface area contributed by atoms with E-state index < -0.39 is 17.5 Å². The normalized spacial score (nSPS) is 22.4. The lowest BCUT2D eigenvalue weighted by Gasteiger charge is -2.20. The Labute approximate surface area is 117 Å². The van der Waals surface area contributed by atoms with Crippen molar-refractivity contribution in [3.8, 4) is 0 Å². The number of imide groups is 1. The fraction of sp³-hybridized carbons (Fsp3) is 0.636. The highest BCUT2D eigenvalue weighted by atomic mass is 32.1. The van der Waals surface area contributed by atoms with Gasteiger partial charge in [-0.3, -0.25) is 15.5 Å². The molecule has 0 aromatic carbocycles. The van der Waals surface area contributed by atoms with Crippen molar-refractivity contribution in [1.82, 2.24) is 16.1 Å². The van der Waals surface area contributed by atoms with Crippen molar-refractivity contribution >= 4 is 35.5 Å². The number of urea groups is 1. The second-order valence-electron chi connectivity index (χ2n) is 4.42. The molecule has 1 heterocycles. The molecule has 1 atom stereocenters. The summed E-state index contributed by atoms with van der Waals surface area (Å²) in [4.78, 5) is 23.1. The number of hydrogen-bond donors (Lipinski definition) is 4. The number of nitrogens with two attached hydrogens (primary N) is 1. The Morgan fingerprint density at radius 1 is 1.47 bits per heavy atom. The molecule has 1 aliphatic rings. The zero-order chi connectivity index (χ0) is 14.3. The maximum atomic E-state index is 11.9. The molecule has 0 saturated carbocycles. The van der Waals surface area contributed by atoms with E-state index in [4.69, 9.17) is 5.73 Å². The van der Waals surface area contributed by atoms with Crippen molar-refractivity contribution in [1.29, 1.82) is 0 Å². The van der Waals surface area contributed by atoms with E-state index in [0.29, 0.717) is 6.42 Å². The van der Waals surface area contributed by atoms with Crippen molar-refractivity contribution < 1.29 is 9.59 Å². The minimum atomic E-state index is -1.11. The summed E-state index contributed by atoms with van der Waals surface area (Å²) in [6, 6.07) is -0.512. The van der Waals surface area contributed by atoms with Gasteiger partial charge in [0.1, 0.15) is 0 Å². The van der Waals surface area contributed by atoms with Gasteiger partial charge < -0.3 is 11.1 Å². The van der Waals surface area contributed by atoms with E-state index >= 15 is 0 Å². The minimum Gasteiger partial charge on any atom is -0.375 e. The van der Waals surface area contributed by atoms with Crippen LogP contribution in [0.2, 0.25) is 0 Å². The number of unbranched alkanes of at least 4 members (excludes halogenated alkanes) is 3. The second-order valence-corrected chi connectivity index (χ2v) is 4.86. The van der Waals surface area contributed by atoms with Crippen LogP contribution in [0.1, 0.15) is 39.0 Å². The number of thiocarbonyl (C=S) groups is 1. The van der Waals surface area contributed by atoms with E-state index in [1.54, 1.807) is 0 Å². The second kappa shape index (κ2) is 7.03. The molecule has 0 bridgehead atoms. The number of carbonyl (C=O) groups excluding carboxylic acids is 2. The van der Waals surface area contributed by atoms with Crippen molar-refractivity contribution in [2.45, 2.75) is 44.6 Å². The first kappa shape index (κ1) is 15.4. The standard InChI is InChI=1S/C11H19N5O2S/c1-2-3-4-5-6-11(7-13-16-9(12)19)8(17)14-10(18)15-11/h7H,2-6H2,1H3,(H3,12,16,19)(H2,14,15,17,18)/b13-7-/t11-/m1/s1. The quantitative estimate of drug-likeness (QED) is 0.177. The van der Waals surface area contributed by atoms with Gasteiger partial charge in [-0.05, 0) is 18.6 Å². The highest BCUT2D eigenvalue weighted by molar-refractivity contribution is 7.80. The lowest BCUT2D eigenvalue weighted by atomic mass is 9.93. The molecule has 5 N–H and O–H groups in total. The van der Waals surface area contributed by atoms with Crippen LogP contribution in [0.5, 0.6) is 0 Å². The summed E-state index contributed by atoms with van der Waals surface area (Å²) in [5.41, 5.74) is 6.51. The van der Waals surface area contributed by atoms with Crippen LogP contribution in [0.3, 0.4) is 0 Å². The van der Waals surface area contributed by atoms with Crippen LogP contribution < -0.4 is 21.8 Å². The van der Waals surface area contributed by atoms with Gasteiger partial charge in [0, 0.05) is 0 Å². The van der Waals surface area contributed by atoms with E-state index in [1.165, 1.54) is 6.21 Å². The van der Waals surface area contributed by atoms with Crippen molar-refractivity contribution in [2.24, 2.45) is 10.8 Å². The van der Waals surface area contributed by atoms with Gasteiger partial charge in [0.2, 0.25) is 0 Å². The lowest BCUT2D eigenvalue weighted by Crippen LogP contribution is -2.49. The summed E-state index contributed by atoms with van der Waals surface area (Å²) in [5.74, 6) is -0.400. The smallest absolute Gasteiger partial charge is 0.322 e. The number of hydrazone groups is 1. The Morgan fingerprint density at radius 3 is 2.74 bits per heavy atom. The molecule has 1 aliphatic heterocycles. The third-order valence-electron chi connectivity index (χ3n) is 2.85. The first-order valence-corrected chi connectivity index (χ1v) is 6.64. The Bertz CT molecular complexity index is 399. The van der Waals surface area contributed by atoms with Crippen molar-refractivity contribution in [2.75, 3.05) is 0 Å². The number of nitrogens with one attached hydrogen (secondary N) is 3. The summed E-state index contributed by atoms with van der Waals surface area (Å²) < 4.78 is 0. The van der Waals surface area contributed by atoms with E-state index in [-0.39, 0.29) is 5.11 Å². The first-order valence-electron chi connectivity index (χ1n) is 6.23. The highest BCUT2D eigenvalue weighted by Crippen LogP contribution is 2.18. The van der Waals surface area contributed by atoms with Crippen LogP contribution in [0.25, 0.3) is 0 Å². The first-order chi connectivity index (χ1) is 9.00. The monoisotopic (exact) mass is 285 g/mol. The molecule has 8 heteroatoms. The van der Waals surface area contributed by atoms with Crippen LogP contribution in [0, 0.1) is 0 Å². The van der Waals surface area contributed by atoms with E-state index in [9.17, 15) is 9.59 Å². The SMILES string of the molecule is CCCCCC[C@]1(/C=N\NC(N)=S)NC(=O)NC1=O. The van der Waals surface area contributed by atoms with E-state index in [1.807, 2.05) is 0 Å². The van der Waals surface area contributed by atoms with Gasteiger partial charge in [-0.25, -0.2) is 4.79 Å². The van der Waals surface area contributed by atoms with Gasteiger partial charge in [0.25, 0.3) is 5.91 Å². The molecule has 0 radical (unpaired) electrons. The largest absolute Gasteiger partial charge is 0.375 e. The molecule has 7 nitrogen and oxygen atoms in total. The third kappa shape index (κ3) is 4.47. The molecular formula is C11H19N5O2S. The summed E-state index contributed by atoms with van der Waals surface area (Å²) in [7, 11) is 0. The van der Waals surface area contributed by atoms with Crippen LogP contribution in [0.15, 0.2) is 5.10 Å². The number of rotatable bonds is 7. The van der Waals surface area contributed by atoms with Gasteiger partial charge >= 0.3 is 6.03 Å². The maximum absolute atomic E-state index is 11.9. The molecule has 1 saturated heterocycles. The average Bonchev–Trinajstić information content (AvgIpc) is 2.60. The fourth-order valence-electron chi connectivity index (χ4n) is 1.87. The lowest BCUT2D eigenvalue weighted by molar-refractivity contribution is -0.121. The number of amides is 3. The summed E-state index contributed by atoms with van der Waals surface area (Å²) in [6.45, 7) is 2.10. The summed E-state index contributed by atoms with van der Waals surface area (Å²) in [5, 5.41) is 8.60. The zero-order valence-corrected chi connectivity index (χ0v) is 11.7. The van der Waals surface area contributed by atoms with Crippen LogP contribution in [-0.4, -0.2) is 28.8 Å². The number of nitrogens with zero attached hydrogens (tertiary/aromatic N) is 1. The van der Waals surface area contributed by atoms with Crippen LogP contribution in [-0.2, 0) is 4.79 Å². The minimum absolute atomic E-state index is 0.00196. The molecule has 0 aromatic rings. The zero-order valence-electron chi connectivity index (χ0n) is 10.9. The van der Waals surface area contributed by atoms with Crippen LogP contribution in [0.4, 0.5) is 4.79 Å². The molecule has 3 amide bonds. The van der Waals surface area contributed by atoms with E-state index in [0.717, 1.165) is 25.7 Å². The maximum Gasteiger partial charge on any atom is 0.322 e. The molecule has 1 rings (SSSR count). The van der Waals surface area contributed by atoms with Crippen molar-refractivity contribution in [3.05, 3.63) is 0 Å². The molecular weight excluding hydrogens is 266 g/mol. The molecule has 0 aromatic heterocycles. The van der Waals surface area contributed by atoms with Gasteiger partial charge in [-0.2, -0.15) is 5.10 Å². The Morgan fingerprint density at radius 2 is 2.21 bits per heavy atom. The Balaban J connectivity index is 2.68. The van der Waals surface area contributed by atoms with Gasteiger partial charge in [-0.15, -0.1) is 0 Å². The molecule has 106 valence electrons. The summed E-state index contributed by atoms with van der Waals surface area (Å²) in [6.07, 6.45) is 5.85. The summed E-state index contributed by atoms with van der Waals surface area (Å²) >= 11 is 4.61. The predicted octanol–water partition coefficient (Wildman–Crippen LogP) is 0.354. The highest BCUT2D eigenvalue weighted by Gasteiger charge is 2.44. The van der Waals surface area contributed by atoms with Crippen molar-refractivity contribution in [3.63, 3.8) is 0 Å². The van der Waals surface area contributed by atoms with E-state index in [2.05, 4.69) is 40.3 Å². The molecule has 1 fully saturated rings. The third-order valence-corrected chi connectivity index (χ3v) is 2.94. The fourth-order valence-corrected chi connectivity index (χ4v) is 1.93. The molecule has 0 spiro atoms. The Kier molecular flexibility index (Phi) is 5.68. The van der Waals surface area contributed by atoms with Gasteiger partial charge in [-0.1, -0.05) is 32.6 Å². The molecule has 19 heavy (non-hydrogen) atoms. The van der Waals surface area contributed by atoms with Gasteiger partial charge in [0.05, 0.1) is 6.21 Å². The van der Waals surface area contributed by atoms with Crippen LogP contribution >= 0.6 is 12.2 Å². The molecule has 0 aliphatic carbocycles. The number of carbonyl (C=O) groups is 2. The van der Waals surface area contributed by atoms with Gasteiger partial charge in [0.15, 0.2) is 10.7 Å².